The Morgan fingerprint density at radius 3 is 1.67 bits per heavy atom. The molecule has 2 aliphatic rings. The van der Waals surface area contributed by atoms with E-state index in [0.717, 1.165) is 33.5 Å². The van der Waals surface area contributed by atoms with Gasteiger partial charge in [0.2, 0.25) is 0 Å². The van der Waals surface area contributed by atoms with E-state index in [9.17, 15) is 0 Å². The summed E-state index contributed by atoms with van der Waals surface area (Å²) < 4.78 is 0. The minimum absolute atomic E-state index is 0.179. The number of fused-ring (bicyclic) bond motifs is 8. The van der Waals surface area contributed by atoms with E-state index in [1.165, 1.54) is 77.4 Å². The van der Waals surface area contributed by atoms with Crippen molar-refractivity contribution in [2.24, 2.45) is 0 Å². The number of benzene rings is 9. The van der Waals surface area contributed by atoms with Gasteiger partial charge in [0.25, 0.3) is 0 Å². The molecule has 1 atom stereocenters. The lowest BCUT2D eigenvalue weighted by molar-refractivity contribution is 0.663. The average molecular weight is 779 g/mol. The number of hydrogen-bond acceptors (Lipinski definition) is 2. The maximum absolute atomic E-state index is 5.45. The summed E-state index contributed by atoms with van der Waals surface area (Å²) >= 11 is 0. The van der Waals surface area contributed by atoms with E-state index in [-0.39, 0.29) is 10.8 Å². The maximum atomic E-state index is 5.45. The Hall–Kier alpha value is -7.42. The molecule has 288 valence electrons. The summed E-state index contributed by atoms with van der Waals surface area (Å²) in [5, 5.41) is 4.88. The quantitative estimate of drug-likeness (QED) is 0.174. The normalized spacial score (nSPS) is 15.7. The zero-order chi connectivity index (χ0) is 40.9. The first-order chi connectivity index (χ1) is 29.9. The first-order valence-electron chi connectivity index (χ1n) is 21.3. The molecule has 1 heterocycles. The van der Waals surface area contributed by atoms with Gasteiger partial charge in [-0.15, -0.1) is 0 Å². The molecule has 2 aliphatic carbocycles. The van der Waals surface area contributed by atoms with Crippen LogP contribution in [0, 0.1) is 0 Å². The predicted octanol–water partition coefficient (Wildman–Crippen LogP) is 15.1. The summed E-state index contributed by atoms with van der Waals surface area (Å²) in [5.41, 5.74) is 18.9. The molecule has 1 unspecified atom stereocenters. The van der Waals surface area contributed by atoms with E-state index in [1.54, 1.807) is 0 Å². The zero-order valence-electron chi connectivity index (χ0n) is 34.4. The van der Waals surface area contributed by atoms with Crippen LogP contribution in [0.5, 0.6) is 0 Å². The zero-order valence-corrected chi connectivity index (χ0v) is 34.4. The highest BCUT2D eigenvalue weighted by Gasteiger charge is 2.41. The molecular formula is C59H42N2. The van der Waals surface area contributed by atoms with Gasteiger partial charge >= 0.3 is 0 Å². The lowest BCUT2D eigenvalue weighted by atomic mass is 9.74. The highest BCUT2D eigenvalue weighted by molar-refractivity contribution is 6.06. The average Bonchev–Trinajstić information content (AvgIpc) is 3.71. The largest absolute Gasteiger partial charge is 0.228 e. The van der Waals surface area contributed by atoms with Crippen molar-refractivity contribution in [3.05, 3.63) is 228 Å². The molecule has 0 bridgehead atoms. The molecule has 0 fully saturated rings. The van der Waals surface area contributed by atoms with E-state index in [0.29, 0.717) is 5.82 Å². The molecule has 2 nitrogen and oxygen atoms in total. The lowest BCUT2D eigenvalue weighted by Gasteiger charge is -2.28. The van der Waals surface area contributed by atoms with Crippen molar-refractivity contribution in [2.75, 3.05) is 0 Å². The molecule has 0 amide bonds. The Kier molecular flexibility index (Phi) is 7.74. The fraction of sp³-hybridized carbons (Fsp3) is 0.0847. The molecule has 2 heteroatoms. The van der Waals surface area contributed by atoms with Crippen LogP contribution in [0.4, 0.5) is 0 Å². The van der Waals surface area contributed by atoms with E-state index >= 15 is 0 Å². The van der Waals surface area contributed by atoms with Crippen LogP contribution >= 0.6 is 0 Å². The van der Waals surface area contributed by atoms with Crippen molar-refractivity contribution in [1.29, 1.82) is 0 Å². The summed E-state index contributed by atoms with van der Waals surface area (Å²) in [4.78, 5) is 10.8. The fourth-order valence-corrected chi connectivity index (χ4v) is 10.7. The van der Waals surface area contributed by atoms with Crippen LogP contribution in [0.15, 0.2) is 200 Å². The molecule has 0 saturated carbocycles. The summed E-state index contributed by atoms with van der Waals surface area (Å²) in [5.74, 6) is 0.715. The van der Waals surface area contributed by atoms with Crippen molar-refractivity contribution in [3.8, 4) is 67.3 Å². The summed E-state index contributed by atoms with van der Waals surface area (Å²) in [6.45, 7) is 7.14. The van der Waals surface area contributed by atoms with Crippen LogP contribution < -0.4 is 0 Å². The van der Waals surface area contributed by atoms with Crippen LogP contribution in [0.25, 0.3) is 88.8 Å². The van der Waals surface area contributed by atoms with Gasteiger partial charge in [-0.25, -0.2) is 9.97 Å². The van der Waals surface area contributed by atoms with Gasteiger partial charge < -0.3 is 0 Å². The second-order valence-electron chi connectivity index (χ2n) is 17.4. The molecule has 61 heavy (non-hydrogen) atoms. The van der Waals surface area contributed by atoms with Gasteiger partial charge in [-0.05, 0) is 120 Å². The predicted molar refractivity (Wildman–Crippen MR) is 254 cm³/mol. The molecule has 0 radical (unpaired) electrons. The molecule has 1 aromatic heterocycles. The number of nitrogens with zero attached hydrogens (tertiary/aromatic N) is 2. The van der Waals surface area contributed by atoms with Crippen LogP contribution in [-0.2, 0) is 10.8 Å². The van der Waals surface area contributed by atoms with Gasteiger partial charge in [0.05, 0.1) is 11.4 Å². The summed E-state index contributed by atoms with van der Waals surface area (Å²) in [7, 11) is 0. The van der Waals surface area contributed by atoms with Crippen molar-refractivity contribution in [2.45, 2.75) is 31.6 Å². The van der Waals surface area contributed by atoms with Gasteiger partial charge in [0, 0.05) is 27.5 Å². The number of hydrogen-bond donors (Lipinski definition) is 0. The number of aromatic nitrogens is 2. The molecule has 0 N–H and O–H groups in total. The highest BCUT2D eigenvalue weighted by atomic mass is 14.9. The van der Waals surface area contributed by atoms with Crippen LogP contribution in [0.1, 0.15) is 48.6 Å². The van der Waals surface area contributed by atoms with Crippen molar-refractivity contribution >= 4 is 21.5 Å². The van der Waals surface area contributed by atoms with Crippen LogP contribution in [0.2, 0.25) is 0 Å². The summed E-state index contributed by atoms with van der Waals surface area (Å²) in [6.07, 6.45) is 0. The Balaban J connectivity index is 1.03. The molecule has 10 aromatic rings. The first-order valence-corrected chi connectivity index (χ1v) is 21.3. The molecule has 0 spiro atoms. The van der Waals surface area contributed by atoms with Gasteiger partial charge in [-0.1, -0.05) is 184 Å². The number of rotatable bonds is 5. The monoisotopic (exact) mass is 778 g/mol. The third-order valence-electron chi connectivity index (χ3n) is 13.8. The molecule has 0 aliphatic heterocycles. The van der Waals surface area contributed by atoms with E-state index in [2.05, 4.69) is 221 Å². The molecule has 0 saturated heterocycles. The van der Waals surface area contributed by atoms with Crippen molar-refractivity contribution in [1.82, 2.24) is 9.97 Å². The van der Waals surface area contributed by atoms with E-state index < -0.39 is 0 Å². The first kappa shape index (κ1) is 35.5. The third-order valence-corrected chi connectivity index (χ3v) is 13.8. The molecular weight excluding hydrogens is 737 g/mol. The fourth-order valence-electron chi connectivity index (χ4n) is 10.7. The third kappa shape index (κ3) is 5.28. The lowest BCUT2D eigenvalue weighted by Crippen LogP contribution is -2.22. The van der Waals surface area contributed by atoms with E-state index in [1.807, 2.05) is 0 Å². The second kappa shape index (κ2) is 13.3. The van der Waals surface area contributed by atoms with E-state index in [4.69, 9.17) is 9.97 Å². The SMILES string of the molecule is CC1(C)c2cc3ccccc3cc2-c2cccc(-c3ccc(-c4nc(-c5ccccc5)cc(-c5ccc6c(c5)-c5ccccc5C6(C)c5ccccc5)n4)c4ccccc34)c21. The van der Waals surface area contributed by atoms with Gasteiger partial charge in [-0.3, -0.25) is 0 Å². The minimum atomic E-state index is -0.261. The minimum Gasteiger partial charge on any atom is -0.228 e. The van der Waals surface area contributed by atoms with Gasteiger partial charge in [-0.2, -0.15) is 0 Å². The standard InChI is InChI=1S/C59H42N2/c1-58(2)53-35-39-20-11-10-19-38(39)33-50(53)47-27-16-26-46(56(47)58)44-30-31-48(43-24-13-12-23-42(43)44)57-60-54(37-17-6-4-7-18-37)36-55(61-57)40-29-32-52-49(34-40)45-25-14-15-28-51(45)59(52,3)41-21-8-5-9-22-41/h4-36H,1-3H3. The van der Waals surface area contributed by atoms with Crippen molar-refractivity contribution in [3.63, 3.8) is 0 Å². The van der Waals surface area contributed by atoms with Crippen molar-refractivity contribution < 1.29 is 0 Å². The van der Waals surface area contributed by atoms with Crippen LogP contribution in [-0.4, -0.2) is 9.97 Å². The maximum Gasteiger partial charge on any atom is 0.161 e. The topological polar surface area (TPSA) is 25.8 Å². The second-order valence-corrected chi connectivity index (χ2v) is 17.4. The smallest absolute Gasteiger partial charge is 0.161 e. The molecule has 9 aromatic carbocycles. The Morgan fingerprint density at radius 2 is 0.902 bits per heavy atom. The highest BCUT2D eigenvalue weighted by Crippen LogP contribution is 2.55. The Bertz CT molecular complexity index is 3400. The van der Waals surface area contributed by atoms with Crippen LogP contribution in [0.3, 0.4) is 0 Å². The Labute approximate surface area is 356 Å². The molecule has 12 rings (SSSR count). The Morgan fingerprint density at radius 1 is 0.344 bits per heavy atom. The summed E-state index contributed by atoms with van der Waals surface area (Å²) in [6, 6.07) is 73.1. The van der Waals surface area contributed by atoms with Gasteiger partial charge in [0.1, 0.15) is 0 Å². The van der Waals surface area contributed by atoms with Gasteiger partial charge in [0.15, 0.2) is 5.82 Å².